The number of rotatable bonds is 7. The van der Waals surface area contributed by atoms with Crippen LogP contribution in [0.4, 0.5) is 23.0 Å². The van der Waals surface area contributed by atoms with Crippen LogP contribution in [0.25, 0.3) is 0 Å². The van der Waals surface area contributed by atoms with Crippen molar-refractivity contribution in [1.82, 2.24) is 15.4 Å². The van der Waals surface area contributed by atoms with Gasteiger partial charge in [0, 0.05) is 16.1 Å². The molecule has 2 aromatic carbocycles. The summed E-state index contributed by atoms with van der Waals surface area (Å²) in [6, 6.07) is 10.2. The predicted molar refractivity (Wildman–Crippen MR) is 120 cm³/mol. The number of nitrogen functional groups attached to an aromatic ring is 1. The monoisotopic (exact) mass is 492 g/mol. The second-order valence-corrected chi connectivity index (χ2v) is 7.21. The molecule has 0 saturated heterocycles. The Morgan fingerprint density at radius 2 is 1.73 bits per heavy atom. The van der Waals surface area contributed by atoms with Gasteiger partial charge in [0.1, 0.15) is 23.5 Å². The molecular formula is C19H18BrClN6O3. The Morgan fingerprint density at radius 1 is 1.07 bits per heavy atom. The van der Waals surface area contributed by atoms with Crippen LogP contribution in [0.2, 0.25) is 5.02 Å². The van der Waals surface area contributed by atoms with E-state index in [-0.39, 0.29) is 17.4 Å². The van der Waals surface area contributed by atoms with Gasteiger partial charge in [0.2, 0.25) is 0 Å². The van der Waals surface area contributed by atoms with Gasteiger partial charge in [-0.1, -0.05) is 27.5 Å². The van der Waals surface area contributed by atoms with Crippen molar-refractivity contribution < 1.29 is 14.3 Å². The maximum Gasteiger partial charge on any atom is 0.269 e. The molecule has 1 amide bonds. The first-order valence-electron chi connectivity index (χ1n) is 8.54. The number of halogens is 2. The molecule has 0 radical (unpaired) electrons. The van der Waals surface area contributed by atoms with Gasteiger partial charge in [0.05, 0.1) is 24.9 Å². The zero-order valence-electron chi connectivity index (χ0n) is 16.0. The summed E-state index contributed by atoms with van der Waals surface area (Å²) in [5.74, 6) is 1.11. The largest absolute Gasteiger partial charge is 0.495 e. The fourth-order valence-corrected chi connectivity index (χ4v) is 2.97. The second-order valence-electron chi connectivity index (χ2n) is 5.88. The summed E-state index contributed by atoms with van der Waals surface area (Å²) in [5.41, 5.74) is 12.6. The van der Waals surface area contributed by atoms with Crippen molar-refractivity contribution in [3.63, 3.8) is 0 Å². The van der Waals surface area contributed by atoms with E-state index in [9.17, 15) is 4.79 Å². The van der Waals surface area contributed by atoms with Crippen molar-refractivity contribution in [2.45, 2.75) is 0 Å². The van der Waals surface area contributed by atoms with Gasteiger partial charge in [-0.05, 0) is 30.3 Å². The number of nitrogens with one attached hydrogen (secondary N) is 3. The number of nitrogens with zero attached hydrogens (tertiary/aromatic N) is 2. The number of amides is 1. The van der Waals surface area contributed by atoms with E-state index in [4.69, 9.17) is 26.8 Å². The molecule has 0 aliphatic carbocycles. The fourth-order valence-electron chi connectivity index (χ4n) is 2.47. The zero-order valence-corrected chi connectivity index (χ0v) is 18.3. The number of carbonyl (C=O) groups excluding carboxylic acids is 1. The molecule has 9 nitrogen and oxygen atoms in total. The van der Waals surface area contributed by atoms with Crippen LogP contribution in [0.5, 0.6) is 11.5 Å². The molecule has 0 aliphatic rings. The molecule has 5 N–H and O–H groups in total. The summed E-state index contributed by atoms with van der Waals surface area (Å²) in [7, 11) is 3.03. The molecule has 1 heterocycles. The molecule has 0 fully saturated rings. The molecule has 0 bridgehead atoms. The Bertz CT molecular complexity index is 1060. The highest BCUT2D eigenvalue weighted by Gasteiger charge is 2.14. The third-order valence-electron chi connectivity index (χ3n) is 4.01. The number of nitrogens with two attached hydrogens (primary N) is 1. The lowest BCUT2D eigenvalue weighted by molar-refractivity contribution is 0.0962. The lowest BCUT2D eigenvalue weighted by Gasteiger charge is -2.16. The van der Waals surface area contributed by atoms with E-state index in [1.807, 2.05) is 0 Å². The van der Waals surface area contributed by atoms with Gasteiger partial charge in [-0.15, -0.1) is 0 Å². The Morgan fingerprint density at radius 3 is 2.40 bits per heavy atom. The van der Waals surface area contributed by atoms with Gasteiger partial charge >= 0.3 is 0 Å². The Balaban J connectivity index is 1.77. The lowest BCUT2D eigenvalue weighted by Crippen LogP contribution is -2.30. The van der Waals surface area contributed by atoms with Crippen LogP contribution >= 0.6 is 27.5 Å². The molecule has 3 aromatic rings. The van der Waals surface area contributed by atoms with Crippen LogP contribution < -0.4 is 31.4 Å². The summed E-state index contributed by atoms with van der Waals surface area (Å²) < 4.78 is 11.4. The number of anilines is 4. The maximum absolute atomic E-state index is 12.3. The summed E-state index contributed by atoms with van der Waals surface area (Å²) in [6.45, 7) is 0. The molecule has 0 spiro atoms. The molecule has 156 valence electrons. The minimum Gasteiger partial charge on any atom is -0.495 e. The van der Waals surface area contributed by atoms with Crippen molar-refractivity contribution in [3.05, 3.63) is 57.8 Å². The van der Waals surface area contributed by atoms with E-state index in [0.717, 1.165) is 4.47 Å². The highest BCUT2D eigenvalue weighted by atomic mass is 79.9. The van der Waals surface area contributed by atoms with Gasteiger partial charge in [-0.2, -0.15) is 0 Å². The number of aromatic nitrogens is 2. The predicted octanol–water partition coefficient (Wildman–Crippen LogP) is 3.99. The van der Waals surface area contributed by atoms with Gasteiger partial charge in [-0.25, -0.2) is 9.97 Å². The van der Waals surface area contributed by atoms with E-state index in [1.54, 1.807) is 36.4 Å². The topological polar surface area (TPSA) is 123 Å². The van der Waals surface area contributed by atoms with E-state index in [1.165, 1.54) is 20.5 Å². The van der Waals surface area contributed by atoms with E-state index < -0.39 is 0 Å². The zero-order chi connectivity index (χ0) is 21.7. The smallest absolute Gasteiger partial charge is 0.269 e. The Hall–Kier alpha value is -3.24. The van der Waals surface area contributed by atoms with Crippen molar-refractivity contribution in [3.8, 4) is 11.5 Å². The minimum absolute atomic E-state index is 0.183. The van der Waals surface area contributed by atoms with Crippen LogP contribution in [-0.2, 0) is 0 Å². The highest BCUT2D eigenvalue weighted by molar-refractivity contribution is 9.10. The first-order chi connectivity index (χ1) is 14.4. The third kappa shape index (κ3) is 4.84. The number of hydrazine groups is 1. The lowest BCUT2D eigenvalue weighted by atomic mass is 10.2. The molecule has 0 atom stereocenters. The summed E-state index contributed by atoms with van der Waals surface area (Å²) in [4.78, 5) is 20.5. The molecule has 1 aromatic heterocycles. The Kier molecular flexibility index (Phi) is 6.80. The van der Waals surface area contributed by atoms with Crippen molar-refractivity contribution in [2.24, 2.45) is 0 Å². The molecule has 11 heteroatoms. The van der Waals surface area contributed by atoms with Gasteiger partial charge < -0.3 is 20.5 Å². The number of hydrogen-bond donors (Lipinski definition) is 4. The van der Waals surface area contributed by atoms with Crippen LogP contribution in [-0.4, -0.2) is 30.1 Å². The second kappa shape index (κ2) is 9.51. The Labute approximate surface area is 186 Å². The minimum atomic E-state index is -0.348. The molecule has 0 unspecified atom stereocenters. The normalized spacial score (nSPS) is 10.3. The number of hydrogen-bond acceptors (Lipinski definition) is 8. The fraction of sp³-hybridized carbons (Fsp3) is 0.105. The van der Waals surface area contributed by atoms with Crippen molar-refractivity contribution in [1.29, 1.82) is 0 Å². The van der Waals surface area contributed by atoms with Crippen LogP contribution in [0.1, 0.15) is 10.4 Å². The quantitative estimate of drug-likeness (QED) is 0.364. The average Bonchev–Trinajstić information content (AvgIpc) is 2.75. The van der Waals surface area contributed by atoms with Gasteiger partial charge in [-0.3, -0.25) is 15.6 Å². The highest BCUT2D eigenvalue weighted by Crippen LogP contribution is 2.38. The van der Waals surface area contributed by atoms with Crippen LogP contribution in [0.3, 0.4) is 0 Å². The summed E-state index contributed by atoms with van der Waals surface area (Å²) >= 11 is 9.53. The molecule has 30 heavy (non-hydrogen) atoms. The van der Waals surface area contributed by atoms with Crippen molar-refractivity contribution >= 4 is 56.4 Å². The van der Waals surface area contributed by atoms with E-state index in [0.29, 0.717) is 33.6 Å². The third-order valence-corrected chi connectivity index (χ3v) is 4.84. The first-order valence-corrected chi connectivity index (χ1v) is 9.71. The molecule has 3 rings (SSSR count). The summed E-state index contributed by atoms with van der Waals surface area (Å²) in [5, 5.41) is 3.43. The first kappa shape index (κ1) is 21.5. The average molecular weight is 494 g/mol. The maximum atomic E-state index is 12.3. The number of ether oxygens (including phenoxy) is 2. The van der Waals surface area contributed by atoms with Crippen molar-refractivity contribution in [2.75, 3.05) is 30.7 Å². The number of benzene rings is 2. The van der Waals surface area contributed by atoms with E-state index in [2.05, 4.69) is 42.1 Å². The number of carbonyl (C=O) groups is 1. The standard InChI is InChI=1S/C19H18BrClN6O3/c1-29-14-8-15(30-2)13(7-12(14)21)25-17-16(22)18(24-9-23-17)26-27-19(28)10-3-5-11(20)6-4-10/h3-9H,22H2,1-2H3,(H,27,28)(H2,23,24,25,26). The molecule has 0 aliphatic heterocycles. The van der Waals surface area contributed by atoms with Crippen LogP contribution in [0.15, 0.2) is 47.2 Å². The van der Waals surface area contributed by atoms with Gasteiger partial charge in [0.15, 0.2) is 11.6 Å². The van der Waals surface area contributed by atoms with E-state index >= 15 is 0 Å². The number of methoxy groups -OCH3 is 2. The molecule has 0 saturated carbocycles. The van der Waals surface area contributed by atoms with Gasteiger partial charge in [0.25, 0.3) is 5.91 Å². The van der Waals surface area contributed by atoms with Crippen LogP contribution in [0, 0.1) is 0 Å². The molecular weight excluding hydrogens is 476 g/mol. The summed E-state index contributed by atoms with van der Waals surface area (Å²) in [6.07, 6.45) is 1.30. The SMILES string of the molecule is COc1cc(OC)c(Nc2ncnc(NNC(=O)c3ccc(Br)cc3)c2N)cc1Cl.